The van der Waals surface area contributed by atoms with Gasteiger partial charge in [-0.25, -0.2) is 4.79 Å². The van der Waals surface area contributed by atoms with Crippen LogP contribution in [0, 0.1) is 6.92 Å². The van der Waals surface area contributed by atoms with Gasteiger partial charge in [-0.3, -0.25) is 0 Å². The van der Waals surface area contributed by atoms with Crippen molar-refractivity contribution in [3.63, 3.8) is 0 Å². The maximum atomic E-state index is 10.8. The number of carboxylic acids is 1. The normalized spacial score (nSPS) is 10.5. The number of aromatic nitrogens is 2. The molecule has 0 amide bonds. The molecule has 112 valence electrons. The summed E-state index contributed by atoms with van der Waals surface area (Å²) in [5.41, 5.74) is 0.216. The number of rotatable bonds is 8. The van der Waals surface area contributed by atoms with Gasteiger partial charge in [0, 0.05) is 26.4 Å². The number of benzene rings is 1. The number of nitrogens with one attached hydrogen (secondary N) is 1. The van der Waals surface area contributed by atoms with Crippen molar-refractivity contribution in [1.82, 2.24) is 15.5 Å². The first-order chi connectivity index (χ1) is 10.1. The predicted molar refractivity (Wildman–Crippen MR) is 74.5 cm³/mol. The first-order valence-corrected chi connectivity index (χ1v) is 6.61. The summed E-state index contributed by atoms with van der Waals surface area (Å²) in [6.45, 7) is 3.57. The lowest BCUT2D eigenvalue weighted by Crippen LogP contribution is -2.23. The van der Waals surface area contributed by atoms with E-state index in [1.54, 1.807) is 19.1 Å². The van der Waals surface area contributed by atoms with Gasteiger partial charge in [-0.2, -0.15) is 4.98 Å². The van der Waals surface area contributed by atoms with Gasteiger partial charge in [0.05, 0.1) is 5.56 Å². The molecule has 0 atom stereocenters. The fourth-order valence-corrected chi connectivity index (χ4v) is 1.73. The summed E-state index contributed by atoms with van der Waals surface area (Å²) in [7, 11) is 0. The molecule has 21 heavy (non-hydrogen) atoms. The summed E-state index contributed by atoms with van der Waals surface area (Å²) in [6.07, 6.45) is 0.686. The zero-order valence-electron chi connectivity index (χ0n) is 11.7. The van der Waals surface area contributed by atoms with Gasteiger partial charge < -0.3 is 19.7 Å². The fraction of sp³-hybridized carbons (Fsp3) is 0.357. The quantitative estimate of drug-likeness (QED) is 0.707. The van der Waals surface area contributed by atoms with E-state index in [0.29, 0.717) is 37.0 Å². The molecule has 0 saturated heterocycles. The highest BCUT2D eigenvalue weighted by molar-refractivity contribution is 5.87. The zero-order chi connectivity index (χ0) is 15.1. The highest BCUT2D eigenvalue weighted by atomic mass is 16.5. The van der Waals surface area contributed by atoms with Crippen LogP contribution in [0.5, 0.6) is 5.75 Å². The third-order valence-electron chi connectivity index (χ3n) is 2.72. The molecule has 2 rings (SSSR count). The van der Waals surface area contributed by atoms with E-state index >= 15 is 0 Å². The Bertz CT molecular complexity index is 597. The average Bonchev–Trinajstić information content (AvgIpc) is 2.88. The summed E-state index contributed by atoms with van der Waals surface area (Å²) in [6, 6.07) is 6.42. The minimum atomic E-state index is -0.964. The van der Waals surface area contributed by atoms with Crippen molar-refractivity contribution in [2.24, 2.45) is 0 Å². The Morgan fingerprint density at radius 3 is 3.00 bits per heavy atom. The van der Waals surface area contributed by atoms with Crippen LogP contribution in [0.1, 0.15) is 22.1 Å². The summed E-state index contributed by atoms with van der Waals surface area (Å²) in [5, 5.41) is 15.9. The number of aromatic carboxylic acids is 1. The Kier molecular flexibility index (Phi) is 5.28. The van der Waals surface area contributed by atoms with Crippen molar-refractivity contribution >= 4 is 5.97 Å². The molecule has 2 N–H and O–H groups in total. The smallest absolute Gasteiger partial charge is 0.335 e. The van der Waals surface area contributed by atoms with Crippen LogP contribution in [0.25, 0.3) is 0 Å². The third kappa shape index (κ3) is 4.88. The molecule has 2 aromatic rings. The Balaban J connectivity index is 1.63. The van der Waals surface area contributed by atoms with Gasteiger partial charge in [-0.1, -0.05) is 11.2 Å². The van der Waals surface area contributed by atoms with Crippen molar-refractivity contribution in [2.75, 3.05) is 19.7 Å². The topological polar surface area (TPSA) is 97.5 Å². The van der Waals surface area contributed by atoms with E-state index in [1.165, 1.54) is 12.1 Å². The van der Waals surface area contributed by atoms with Gasteiger partial charge in [0.1, 0.15) is 12.4 Å². The minimum absolute atomic E-state index is 0.216. The molecule has 1 aromatic carbocycles. The number of hydrogen-bond acceptors (Lipinski definition) is 6. The van der Waals surface area contributed by atoms with Crippen LogP contribution in [0.2, 0.25) is 0 Å². The molecule has 0 unspecified atom stereocenters. The molecule has 0 aliphatic heterocycles. The van der Waals surface area contributed by atoms with Crippen molar-refractivity contribution < 1.29 is 19.2 Å². The van der Waals surface area contributed by atoms with Gasteiger partial charge in [0.15, 0.2) is 5.82 Å². The Morgan fingerprint density at radius 2 is 2.29 bits per heavy atom. The largest absolute Gasteiger partial charge is 0.492 e. The minimum Gasteiger partial charge on any atom is -0.492 e. The monoisotopic (exact) mass is 291 g/mol. The second-order valence-electron chi connectivity index (χ2n) is 4.41. The molecule has 0 fully saturated rings. The number of nitrogens with zero attached hydrogens (tertiary/aromatic N) is 2. The first-order valence-electron chi connectivity index (χ1n) is 6.61. The van der Waals surface area contributed by atoms with E-state index < -0.39 is 5.97 Å². The van der Waals surface area contributed by atoms with Crippen LogP contribution >= 0.6 is 0 Å². The standard InChI is InChI=1S/C14H17N3O4/c1-10-16-13(17-21-10)5-6-15-7-8-20-12-4-2-3-11(9-12)14(18)19/h2-4,9,15H,5-8H2,1H3,(H,18,19). The summed E-state index contributed by atoms with van der Waals surface area (Å²) >= 11 is 0. The molecular formula is C14H17N3O4. The molecule has 7 nitrogen and oxygen atoms in total. The molecule has 0 bridgehead atoms. The summed E-state index contributed by atoms with van der Waals surface area (Å²) < 4.78 is 10.3. The maximum Gasteiger partial charge on any atom is 0.335 e. The van der Waals surface area contributed by atoms with E-state index in [9.17, 15) is 4.79 Å². The number of carboxylic acid groups (broad SMARTS) is 1. The molecule has 0 saturated carbocycles. The van der Waals surface area contributed by atoms with E-state index in [0.717, 1.165) is 6.54 Å². The second-order valence-corrected chi connectivity index (χ2v) is 4.41. The lowest BCUT2D eigenvalue weighted by molar-refractivity contribution is 0.0696. The van der Waals surface area contributed by atoms with Crippen LogP contribution in [0.15, 0.2) is 28.8 Å². The molecule has 0 radical (unpaired) electrons. The van der Waals surface area contributed by atoms with Crippen LogP contribution in [0.3, 0.4) is 0 Å². The van der Waals surface area contributed by atoms with Gasteiger partial charge in [0.2, 0.25) is 5.89 Å². The predicted octanol–water partition coefficient (Wildman–Crippen LogP) is 1.29. The van der Waals surface area contributed by atoms with Gasteiger partial charge >= 0.3 is 5.97 Å². The zero-order valence-corrected chi connectivity index (χ0v) is 11.7. The van der Waals surface area contributed by atoms with Crippen molar-refractivity contribution in [3.05, 3.63) is 41.5 Å². The number of carbonyl (C=O) groups is 1. The maximum absolute atomic E-state index is 10.8. The Hall–Kier alpha value is -2.41. The van der Waals surface area contributed by atoms with Crippen LogP contribution in [0.4, 0.5) is 0 Å². The Labute approximate surface area is 121 Å². The molecule has 0 aliphatic carbocycles. The van der Waals surface area contributed by atoms with Crippen LogP contribution in [-0.4, -0.2) is 40.9 Å². The average molecular weight is 291 g/mol. The number of aryl methyl sites for hydroxylation is 1. The van der Waals surface area contributed by atoms with E-state index in [4.69, 9.17) is 14.4 Å². The van der Waals surface area contributed by atoms with Gasteiger partial charge in [-0.15, -0.1) is 0 Å². The van der Waals surface area contributed by atoms with Crippen molar-refractivity contribution in [1.29, 1.82) is 0 Å². The summed E-state index contributed by atoms with van der Waals surface area (Å²) in [4.78, 5) is 14.9. The van der Waals surface area contributed by atoms with E-state index in [2.05, 4.69) is 15.5 Å². The van der Waals surface area contributed by atoms with Crippen LogP contribution < -0.4 is 10.1 Å². The fourth-order valence-electron chi connectivity index (χ4n) is 1.73. The first kappa shape index (κ1) is 15.0. The van der Waals surface area contributed by atoms with Gasteiger partial charge in [0.25, 0.3) is 0 Å². The van der Waals surface area contributed by atoms with Crippen molar-refractivity contribution in [3.8, 4) is 5.75 Å². The Morgan fingerprint density at radius 1 is 1.43 bits per heavy atom. The lowest BCUT2D eigenvalue weighted by Gasteiger charge is -2.07. The highest BCUT2D eigenvalue weighted by Gasteiger charge is 2.04. The number of ether oxygens (including phenoxy) is 1. The van der Waals surface area contributed by atoms with Crippen LogP contribution in [-0.2, 0) is 6.42 Å². The molecule has 1 heterocycles. The van der Waals surface area contributed by atoms with E-state index in [-0.39, 0.29) is 5.56 Å². The van der Waals surface area contributed by atoms with Crippen molar-refractivity contribution in [2.45, 2.75) is 13.3 Å². The number of hydrogen-bond donors (Lipinski definition) is 2. The highest BCUT2D eigenvalue weighted by Crippen LogP contribution is 2.12. The summed E-state index contributed by atoms with van der Waals surface area (Å²) in [5.74, 6) is 0.821. The molecule has 0 spiro atoms. The SMILES string of the molecule is Cc1nc(CCNCCOc2cccc(C(=O)O)c2)no1. The molecular weight excluding hydrogens is 274 g/mol. The molecule has 1 aromatic heterocycles. The molecule has 0 aliphatic rings. The van der Waals surface area contributed by atoms with Gasteiger partial charge in [-0.05, 0) is 18.2 Å². The third-order valence-corrected chi connectivity index (χ3v) is 2.72. The molecule has 7 heteroatoms. The lowest BCUT2D eigenvalue weighted by atomic mass is 10.2. The van der Waals surface area contributed by atoms with E-state index in [1.807, 2.05) is 0 Å². The second kappa shape index (κ2) is 7.39.